The van der Waals surface area contributed by atoms with Crippen LogP contribution in [0.3, 0.4) is 0 Å². The molecule has 0 bridgehead atoms. The Balaban J connectivity index is 2.28. The van der Waals surface area contributed by atoms with Gasteiger partial charge in [0.25, 0.3) is 12.7 Å². The molecule has 1 aromatic carbocycles. The number of H-pyrrole nitrogens is 1. The zero-order valence-electron chi connectivity index (χ0n) is 11.7. The van der Waals surface area contributed by atoms with Gasteiger partial charge in [0.2, 0.25) is 0 Å². The van der Waals surface area contributed by atoms with E-state index in [1.54, 1.807) is 0 Å². The lowest BCUT2D eigenvalue weighted by molar-refractivity contribution is -0.729. The van der Waals surface area contributed by atoms with Gasteiger partial charge in [0.15, 0.2) is 5.75 Å². The predicted molar refractivity (Wildman–Crippen MR) is 75.6 cm³/mol. The molecule has 25 heavy (non-hydrogen) atoms. The molecule has 0 amide bonds. The third-order valence-electron chi connectivity index (χ3n) is 2.47. The molecule has 0 saturated carbocycles. The Bertz CT molecular complexity index is 962. The normalized spacial score (nSPS) is 17.0. The highest BCUT2D eigenvalue weighted by Crippen LogP contribution is 2.64. The van der Waals surface area contributed by atoms with Gasteiger partial charge in [0.05, 0.1) is 4.91 Å². The van der Waals surface area contributed by atoms with E-state index in [1.807, 2.05) is 0 Å². The number of benzene rings is 1. The van der Waals surface area contributed by atoms with Crippen molar-refractivity contribution in [2.24, 2.45) is 0 Å². The van der Waals surface area contributed by atoms with Gasteiger partial charge in [-0.25, -0.2) is 23.0 Å². The minimum atomic E-state index is -5.90. The molecule has 0 radical (unpaired) electrons. The Morgan fingerprint density at radius 2 is 1.76 bits per heavy atom. The summed E-state index contributed by atoms with van der Waals surface area (Å²) in [6, 6.07) is 3.54. The molecule has 0 aliphatic rings. The smallest absolute Gasteiger partial charge is 0.534 e. The lowest BCUT2D eigenvalue weighted by Crippen LogP contribution is -2.08. The largest absolute Gasteiger partial charge is 0.755 e. The van der Waals surface area contributed by atoms with Gasteiger partial charge in [-0.2, -0.15) is 0 Å². The number of phosphoric acid groups is 3. The zero-order valence-corrected chi connectivity index (χ0v) is 14.3. The van der Waals surface area contributed by atoms with Gasteiger partial charge < -0.3 is 24.2 Å². The SMILES string of the molecule is O=[N+](O)c1ccc2[nH]cc(OP(=O)(O)OP(=O)([O-])OP(=O)(O)O)c2c1. The number of fused-ring (bicyclic) bond motifs is 1. The number of rotatable bonds is 7. The highest BCUT2D eigenvalue weighted by atomic mass is 31.3. The summed E-state index contributed by atoms with van der Waals surface area (Å²) in [5.74, 6) is -0.458. The summed E-state index contributed by atoms with van der Waals surface area (Å²) < 4.78 is 44.8. The van der Waals surface area contributed by atoms with Crippen LogP contribution in [0.25, 0.3) is 10.9 Å². The topological polar surface area (TPSA) is 219 Å². The van der Waals surface area contributed by atoms with E-state index >= 15 is 0 Å². The zero-order chi connectivity index (χ0) is 19.0. The molecule has 5 N–H and O–H groups in total. The molecule has 17 heteroatoms. The number of nitrogens with one attached hydrogen (secondary N) is 1. The van der Waals surface area contributed by atoms with Crippen molar-refractivity contribution in [1.82, 2.24) is 4.98 Å². The lowest BCUT2D eigenvalue weighted by atomic mass is 10.2. The summed E-state index contributed by atoms with van der Waals surface area (Å²) >= 11 is 0. The van der Waals surface area contributed by atoms with Crippen LogP contribution >= 0.6 is 23.5 Å². The maximum atomic E-state index is 11.7. The number of aromatic nitrogens is 1. The third kappa shape index (κ3) is 5.44. The average molecular weight is 418 g/mol. The molecule has 1 heterocycles. The first kappa shape index (κ1) is 19.7. The van der Waals surface area contributed by atoms with Crippen molar-refractivity contribution in [1.29, 1.82) is 0 Å². The van der Waals surface area contributed by atoms with E-state index in [0.717, 1.165) is 12.3 Å². The van der Waals surface area contributed by atoms with E-state index in [9.17, 15) is 28.4 Å². The Hall–Kier alpha value is -1.59. The number of hydrogen-bond donors (Lipinski definition) is 5. The maximum absolute atomic E-state index is 11.7. The number of hydrogen-bond acceptors (Lipinski definition) is 8. The molecular formula is C8H9N2O12P3. The van der Waals surface area contributed by atoms with Crippen LogP contribution < -0.4 is 9.42 Å². The minimum absolute atomic E-state index is 0.0121. The molecule has 138 valence electrons. The number of phosphoric ester groups is 1. The summed E-state index contributed by atoms with van der Waals surface area (Å²) in [4.78, 5) is 50.3. The Labute approximate surface area is 137 Å². The number of nitrogens with zero attached hydrogens (tertiary/aromatic N) is 1. The fourth-order valence-corrected chi connectivity index (χ4v) is 4.66. The monoisotopic (exact) mass is 418 g/mol. The van der Waals surface area contributed by atoms with Crippen molar-refractivity contribution in [3.05, 3.63) is 29.3 Å². The Morgan fingerprint density at radius 3 is 2.32 bits per heavy atom. The summed E-state index contributed by atoms with van der Waals surface area (Å²) in [5.41, 5.74) is 0.00217. The molecule has 0 spiro atoms. The van der Waals surface area contributed by atoms with Gasteiger partial charge in [0.1, 0.15) is 0 Å². The first-order chi connectivity index (χ1) is 11.3. The predicted octanol–water partition coefficient (Wildman–Crippen LogP) is 1.04. The van der Waals surface area contributed by atoms with Crippen molar-refractivity contribution in [3.8, 4) is 5.75 Å². The highest BCUT2D eigenvalue weighted by molar-refractivity contribution is 7.66. The van der Waals surface area contributed by atoms with Gasteiger partial charge in [-0.3, -0.25) is 9.46 Å². The van der Waals surface area contributed by atoms with Gasteiger partial charge in [-0.15, -0.1) is 0 Å². The first-order valence-corrected chi connectivity index (χ1v) is 10.4. The molecule has 14 nitrogen and oxygen atoms in total. The van der Waals surface area contributed by atoms with Crippen LogP contribution in [-0.4, -0.2) is 29.8 Å². The highest BCUT2D eigenvalue weighted by Gasteiger charge is 2.35. The molecule has 0 fully saturated rings. The van der Waals surface area contributed by atoms with Crippen LogP contribution in [0, 0.1) is 4.91 Å². The van der Waals surface area contributed by atoms with Crippen LogP contribution in [0.1, 0.15) is 0 Å². The fraction of sp³-hybridized carbons (Fsp3) is 0. The fourth-order valence-electron chi connectivity index (χ4n) is 1.69. The van der Waals surface area contributed by atoms with E-state index in [0.29, 0.717) is 0 Å². The second kappa shape index (κ2) is 6.61. The van der Waals surface area contributed by atoms with Crippen molar-refractivity contribution >= 4 is 40.1 Å². The molecule has 2 rings (SSSR count). The molecule has 0 aliphatic heterocycles. The summed E-state index contributed by atoms with van der Waals surface area (Å²) in [6.07, 6.45) is 1.01. The standard InChI is InChI=1S/C8H9N2O12P3/c11-10(12)5-1-2-7-6(3-5)8(4-9-7)20-24(16,17)22-25(18,19)21-23(13,14)15/h1-4,9H,(H4-,11,12,13,14,15,16,17,18,19). The molecule has 1 aromatic heterocycles. The van der Waals surface area contributed by atoms with Gasteiger partial charge in [-0.05, 0) is 6.07 Å². The van der Waals surface area contributed by atoms with Crippen molar-refractivity contribution in [2.75, 3.05) is 0 Å². The van der Waals surface area contributed by atoms with Crippen LogP contribution in [0.15, 0.2) is 24.4 Å². The minimum Gasteiger partial charge on any atom is -0.755 e. The molecule has 2 atom stereocenters. The summed E-state index contributed by atoms with van der Waals surface area (Å²) in [6.45, 7) is 0. The molecule has 2 unspecified atom stereocenters. The van der Waals surface area contributed by atoms with E-state index in [-0.39, 0.29) is 16.6 Å². The average Bonchev–Trinajstić information content (AvgIpc) is 2.76. The van der Waals surface area contributed by atoms with E-state index in [1.165, 1.54) is 12.1 Å². The molecule has 0 saturated heterocycles. The van der Waals surface area contributed by atoms with Crippen LogP contribution in [-0.2, 0) is 22.3 Å². The second-order valence-corrected chi connectivity index (χ2v) is 8.62. The lowest BCUT2D eigenvalue weighted by Gasteiger charge is -2.23. The van der Waals surface area contributed by atoms with Crippen molar-refractivity contribution < 1.29 is 56.5 Å². The van der Waals surface area contributed by atoms with E-state index in [2.05, 4.69) is 18.1 Å². The summed E-state index contributed by atoms with van der Waals surface area (Å²) in [7, 11) is -16.9. The first-order valence-electron chi connectivity index (χ1n) is 5.87. The second-order valence-electron chi connectivity index (χ2n) is 4.32. The Morgan fingerprint density at radius 1 is 1.12 bits per heavy atom. The quantitative estimate of drug-likeness (QED) is 0.315. The maximum Gasteiger partial charge on any atom is 0.534 e. The van der Waals surface area contributed by atoms with Gasteiger partial charge >= 0.3 is 21.3 Å². The third-order valence-corrected chi connectivity index (χ3v) is 6.18. The van der Waals surface area contributed by atoms with Crippen LogP contribution in [0.5, 0.6) is 5.75 Å². The molecule has 0 aliphatic carbocycles. The number of aromatic amines is 1. The van der Waals surface area contributed by atoms with Crippen LogP contribution in [0.2, 0.25) is 0 Å². The van der Waals surface area contributed by atoms with Gasteiger partial charge in [-0.1, -0.05) is 0 Å². The summed E-state index contributed by atoms with van der Waals surface area (Å²) in [5, 5.41) is 8.82. The van der Waals surface area contributed by atoms with Crippen molar-refractivity contribution in [2.45, 2.75) is 0 Å². The Kier molecular flexibility index (Phi) is 5.22. The van der Waals surface area contributed by atoms with E-state index in [4.69, 9.17) is 15.0 Å². The van der Waals surface area contributed by atoms with Crippen LogP contribution in [0.4, 0.5) is 5.69 Å². The molecular weight excluding hydrogens is 409 g/mol. The van der Waals surface area contributed by atoms with E-state index < -0.39 is 34.1 Å². The van der Waals surface area contributed by atoms with Gasteiger partial charge in [0, 0.05) is 29.2 Å². The molecule has 2 aromatic rings. The van der Waals surface area contributed by atoms with Crippen molar-refractivity contribution in [3.63, 3.8) is 0 Å².